The highest BCUT2D eigenvalue weighted by Crippen LogP contribution is 2.20. The van der Waals surface area contributed by atoms with E-state index < -0.39 is 0 Å². The van der Waals surface area contributed by atoms with Crippen LogP contribution in [0.2, 0.25) is 0 Å². The standard InChI is InChI=1S/C16H20N2S/c1-4-18(5-2)15-9-7-14(8-10-15)17-12-16-11-6-13(3)19-16/h6-12H,4-5H2,1-3H3. The minimum atomic E-state index is 1.00. The highest BCUT2D eigenvalue weighted by Gasteiger charge is 2.00. The zero-order chi connectivity index (χ0) is 13.7. The van der Waals surface area contributed by atoms with Crippen molar-refractivity contribution in [3.05, 3.63) is 46.2 Å². The second kappa shape index (κ2) is 6.53. The summed E-state index contributed by atoms with van der Waals surface area (Å²) in [6, 6.07) is 12.6. The number of rotatable bonds is 5. The summed E-state index contributed by atoms with van der Waals surface area (Å²) in [4.78, 5) is 9.36. The molecule has 0 bridgehead atoms. The van der Waals surface area contributed by atoms with Crippen LogP contribution in [0.4, 0.5) is 11.4 Å². The molecule has 2 nitrogen and oxygen atoms in total. The Morgan fingerprint density at radius 2 is 1.74 bits per heavy atom. The van der Waals surface area contributed by atoms with E-state index in [1.807, 2.05) is 6.21 Å². The minimum Gasteiger partial charge on any atom is -0.372 e. The summed E-state index contributed by atoms with van der Waals surface area (Å²) in [5.74, 6) is 0. The molecule has 0 aliphatic carbocycles. The fourth-order valence-corrected chi connectivity index (χ4v) is 2.75. The Morgan fingerprint density at radius 1 is 1.05 bits per heavy atom. The van der Waals surface area contributed by atoms with Crippen LogP contribution < -0.4 is 4.90 Å². The third kappa shape index (κ3) is 3.67. The molecule has 100 valence electrons. The number of benzene rings is 1. The molecule has 0 saturated heterocycles. The maximum absolute atomic E-state index is 4.51. The molecule has 0 saturated carbocycles. The molecule has 0 fully saturated rings. The molecule has 0 amide bonds. The van der Waals surface area contributed by atoms with Crippen LogP contribution in [0.3, 0.4) is 0 Å². The molecule has 1 aromatic carbocycles. The molecule has 0 N–H and O–H groups in total. The minimum absolute atomic E-state index is 1.00. The van der Waals surface area contributed by atoms with E-state index in [0.29, 0.717) is 0 Å². The van der Waals surface area contributed by atoms with Gasteiger partial charge in [-0.3, -0.25) is 4.99 Å². The third-order valence-electron chi connectivity index (χ3n) is 3.08. The van der Waals surface area contributed by atoms with Crippen LogP contribution in [0.25, 0.3) is 0 Å². The first-order valence-electron chi connectivity index (χ1n) is 6.68. The molecule has 0 aliphatic heterocycles. The van der Waals surface area contributed by atoms with Gasteiger partial charge in [-0.15, -0.1) is 11.3 Å². The van der Waals surface area contributed by atoms with Crippen molar-refractivity contribution in [1.29, 1.82) is 0 Å². The lowest BCUT2D eigenvalue weighted by Crippen LogP contribution is -2.21. The van der Waals surface area contributed by atoms with Crippen molar-refractivity contribution in [3.8, 4) is 0 Å². The van der Waals surface area contributed by atoms with Gasteiger partial charge in [-0.25, -0.2) is 0 Å². The Kier molecular flexibility index (Phi) is 4.74. The van der Waals surface area contributed by atoms with Gasteiger partial charge < -0.3 is 4.90 Å². The zero-order valence-electron chi connectivity index (χ0n) is 11.8. The summed E-state index contributed by atoms with van der Waals surface area (Å²) in [6.07, 6.45) is 1.93. The molecule has 1 aromatic heterocycles. The smallest absolute Gasteiger partial charge is 0.0631 e. The summed E-state index contributed by atoms with van der Waals surface area (Å²) in [6.45, 7) is 8.53. The van der Waals surface area contributed by atoms with Gasteiger partial charge in [0.05, 0.1) is 5.69 Å². The first kappa shape index (κ1) is 13.8. The van der Waals surface area contributed by atoms with Crippen LogP contribution >= 0.6 is 11.3 Å². The molecule has 1 heterocycles. The monoisotopic (exact) mass is 272 g/mol. The molecule has 0 unspecified atom stereocenters. The number of hydrogen-bond acceptors (Lipinski definition) is 3. The van der Waals surface area contributed by atoms with E-state index in [4.69, 9.17) is 0 Å². The molecule has 2 rings (SSSR count). The van der Waals surface area contributed by atoms with Crippen molar-refractivity contribution < 1.29 is 0 Å². The topological polar surface area (TPSA) is 15.6 Å². The molecule has 2 aromatic rings. The number of thiophene rings is 1. The predicted octanol–water partition coefficient (Wildman–Crippen LogP) is 4.65. The first-order valence-corrected chi connectivity index (χ1v) is 7.50. The van der Waals surface area contributed by atoms with Crippen molar-refractivity contribution >= 4 is 28.9 Å². The maximum atomic E-state index is 4.51. The Morgan fingerprint density at radius 3 is 2.26 bits per heavy atom. The van der Waals surface area contributed by atoms with Gasteiger partial charge in [0.25, 0.3) is 0 Å². The molecule has 0 radical (unpaired) electrons. The molecule has 3 heteroatoms. The summed E-state index contributed by atoms with van der Waals surface area (Å²) in [5.41, 5.74) is 2.26. The molecule has 0 spiro atoms. The molecule has 0 atom stereocenters. The fourth-order valence-electron chi connectivity index (χ4n) is 2.00. The average Bonchev–Trinajstić information content (AvgIpc) is 2.85. The SMILES string of the molecule is CCN(CC)c1ccc(N=Cc2ccc(C)s2)cc1. The molecular formula is C16H20N2S. The maximum Gasteiger partial charge on any atom is 0.0631 e. The van der Waals surface area contributed by atoms with E-state index in [-0.39, 0.29) is 0 Å². The van der Waals surface area contributed by atoms with Gasteiger partial charge in [0.15, 0.2) is 0 Å². The largest absolute Gasteiger partial charge is 0.372 e. The van der Waals surface area contributed by atoms with Crippen LogP contribution in [0, 0.1) is 6.92 Å². The molecule has 19 heavy (non-hydrogen) atoms. The summed E-state index contributed by atoms with van der Waals surface area (Å²) >= 11 is 1.76. The van der Waals surface area contributed by atoms with Crippen molar-refractivity contribution in [3.63, 3.8) is 0 Å². The average molecular weight is 272 g/mol. The van der Waals surface area contributed by atoms with Gasteiger partial charge in [0.1, 0.15) is 0 Å². The van der Waals surface area contributed by atoms with Gasteiger partial charge in [-0.1, -0.05) is 0 Å². The molecular weight excluding hydrogens is 252 g/mol. The normalized spacial score (nSPS) is 11.1. The van der Waals surface area contributed by atoms with Crippen molar-refractivity contribution in [1.82, 2.24) is 0 Å². The number of aryl methyl sites for hydroxylation is 1. The lowest BCUT2D eigenvalue weighted by Gasteiger charge is -2.20. The van der Waals surface area contributed by atoms with Crippen LogP contribution in [0.15, 0.2) is 41.4 Å². The molecule has 0 aliphatic rings. The summed E-state index contributed by atoms with van der Waals surface area (Å²) in [5, 5.41) is 0. The number of hydrogen-bond donors (Lipinski definition) is 0. The van der Waals surface area contributed by atoms with E-state index in [1.165, 1.54) is 15.4 Å². The number of anilines is 1. The van der Waals surface area contributed by atoms with Crippen molar-refractivity contribution in [2.24, 2.45) is 4.99 Å². The van der Waals surface area contributed by atoms with Crippen LogP contribution in [0.1, 0.15) is 23.6 Å². The van der Waals surface area contributed by atoms with Gasteiger partial charge >= 0.3 is 0 Å². The Hall–Kier alpha value is -1.61. The lowest BCUT2D eigenvalue weighted by atomic mass is 10.2. The van der Waals surface area contributed by atoms with E-state index in [2.05, 4.69) is 67.1 Å². The van der Waals surface area contributed by atoms with E-state index in [9.17, 15) is 0 Å². The van der Waals surface area contributed by atoms with Crippen LogP contribution in [-0.4, -0.2) is 19.3 Å². The second-order valence-electron chi connectivity index (χ2n) is 4.40. The Labute approximate surface area is 119 Å². The van der Waals surface area contributed by atoms with Gasteiger partial charge in [0, 0.05) is 34.7 Å². The van der Waals surface area contributed by atoms with E-state index in [1.54, 1.807) is 11.3 Å². The van der Waals surface area contributed by atoms with Gasteiger partial charge in [-0.2, -0.15) is 0 Å². The third-order valence-corrected chi connectivity index (χ3v) is 4.02. The lowest BCUT2D eigenvalue weighted by molar-refractivity contribution is 0.866. The van der Waals surface area contributed by atoms with Gasteiger partial charge in [0.2, 0.25) is 0 Å². The Balaban J connectivity index is 2.08. The highest BCUT2D eigenvalue weighted by atomic mass is 32.1. The summed E-state index contributed by atoms with van der Waals surface area (Å²) < 4.78 is 0. The van der Waals surface area contributed by atoms with E-state index >= 15 is 0 Å². The predicted molar refractivity (Wildman–Crippen MR) is 86.3 cm³/mol. The number of nitrogens with zero attached hydrogens (tertiary/aromatic N) is 2. The number of aliphatic imine (C=N–C) groups is 1. The van der Waals surface area contributed by atoms with E-state index in [0.717, 1.165) is 18.8 Å². The van der Waals surface area contributed by atoms with Crippen LogP contribution in [-0.2, 0) is 0 Å². The van der Waals surface area contributed by atoms with Crippen molar-refractivity contribution in [2.75, 3.05) is 18.0 Å². The van der Waals surface area contributed by atoms with Crippen molar-refractivity contribution in [2.45, 2.75) is 20.8 Å². The quantitative estimate of drug-likeness (QED) is 0.723. The second-order valence-corrected chi connectivity index (χ2v) is 5.71. The Bertz CT molecular complexity index is 536. The van der Waals surface area contributed by atoms with Crippen LogP contribution in [0.5, 0.6) is 0 Å². The first-order chi connectivity index (χ1) is 9.22. The fraction of sp³-hybridized carbons (Fsp3) is 0.312. The van der Waals surface area contributed by atoms with Gasteiger partial charge in [-0.05, 0) is 57.2 Å². The zero-order valence-corrected chi connectivity index (χ0v) is 12.6. The highest BCUT2D eigenvalue weighted by molar-refractivity contribution is 7.13. The summed E-state index contributed by atoms with van der Waals surface area (Å²) in [7, 11) is 0.